The number of hydrogen-bond donors (Lipinski definition) is 4. The van der Waals surface area contributed by atoms with E-state index in [9.17, 15) is 19.5 Å². The summed E-state index contributed by atoms with van der Waals surface area (Å²) in [7, 11) is 0. The number of aromatic hydroxyl groups is 1. The first-order valence-corrected chi connectivity index (χ1v) is 8.83. The quantitative estimate of drug-likeness (QED) is 0.339. The molecule has 3 rings (SSSR count). The Bertz CT molecular complexity index is 985. The lowest BCUT2D eigenvalue weighted by molar-refractivity contribution is -0.115. The second kappa shape index (κ2) is 7.63. The van der Waals surface area contributed by atoms with E-state index in [0.29, 0.717) is 28.9 Å². The van der Waals surface area contributed by atoms with Gasteiger partial charge >= 0.3 is 0 Å². The molecule has 0 saturated heterocycles. The lowest BCUT2D eigenvalue weighted by Gasteiger charge is -2.18. The van der Waals surface area contributed by atoms with Crippen LogP contribution in [0.3, 0.4) is 0 Å². The topological polar surface area (TPSA) is 108 Å². The lowest BCUT2D eigenvalue weighted by Crippen LogP contribution is -2.37. The Labute approximate surface area is 163 Å². The summed E-state index contributed by atoms with van der Waals surface area (Å²) in [6.07, 6.45) is 1.53. The number of carbonyl (C=O) groups excluding carboxylic acids is 3. The third-order valence-electron chi connectivity index (χ3n) is 3.91. The largest absolute Gasteiger partial charge is 0.506 e. The van der Waals surface area contributed by atoms with Crippen molar-refractivity contribution in [2.75, 3.05) is 5.32 Å². The van der Waals surface area contributed by atoms with Gasteiger partial charge in [0.15, 0.2) is 0 Å². The van der Waals surface area contributed by atoms with Crippen LogP contribution in [0, 0.1) is 0 Å². The first-order chi connectivity index (χ1) is 12.8. The van der Waals surface area contributed by atoms with E-state index in [1.54, 1.807) is 30.3 Å². The van der Waals surface area contributed by atoms with E-state index in [1.165, 1.54) is 19.2 Å². The maximum Gasteiger partial charge on any atom is 0.260 e. The van der Waals surface area contributed by atoms with Crippen LogP contribution in [-0.2, 0) is 16.1 Å². The van der Waals surface area contributed by atoms with Crippen LogP contribution in [0.5, 0.6) is 5.75 Å². The second-order valence-corrected chi connectivity index (χ2v) is 6.86. The number of fused-ring (bicyclic) bond motifs is 1. The summed E-state index contributed by atoms with van der Waals surface area (Å²) in [4.78, 5) is 35.2. The average Bonchev–Trinajstić information content (AvgIpc) is 2.59. The molecule has 1 heterocycles. The van der Waals surface area contributed by atoms with Crippen molar-refractivity contribution in [3.8, 4) is 5.75 Å². The van der Waals surface area contributed by atoms with Gasteiger partial charge in [0.2, 0.25) is 5.91 Å². The van der Waals surface area contributed by atoms with Crippen molar-refractivity contribution in [2.24, 2.45) is 0 Å². The van der Waals surface area contributed by atoms with E-state index < -0.39 is 11.8 Å². The van der Waals surface area contributed by atoms with Gasteiger partial charge in [0, 0.05) is 35.3 Å². The minimum Gasteiger partial charge on any atom is -0.506 e. The molecule has 3 amide bonds. The number of halogens is 1. The van der Waals surface area contributed by atoms with Gasteiger partial charge in [-0.05, 0) is 35.9 Å². The van der Waals surface area contributed by atoms with Gasteiger partial charge in [-0.25, -0.2) is 0 Å². The molecule has 138 valence electrons. The highest BCUT2D eigenvalue weighted by atomic mass is 79.9. The zero-order chi connectivity index (χ0) is 19.6. The fourth-order valence-electron chi connectivity index (χ4n) is 2.69. The van der Waals surface area contributed by atoms with E-state index in [1.807, 2.05) is 0 Å². The standard InChI is InChI=1S/C19H16BrN3O4/c1-10(24)22-16-5-2-11(6-17(16)25)8-21-9-15-14-7-12(20)3-4-13(14)18(26)23-19(15)27/h2-7,9,21,25H,8H2,1H3,(H,22,24)(H,23,26,27)/b15-9-. The Morgan fingerprint density at radius 2 is 1.93 bits per heavy atom. The van der Waals surface area contributed by atoms with Crippen molar-refractivity contribution in [2.45, 2.75) is 13.5 Å². The number of phenols is 1. The average molecular weight is 430 g/mol. The first kappa shape index (κ1) is 18.7. The van der Waals surface area contributed by atoms with Crippen molar-refractivity contribution in [3.63, 3.8) is 0 Å². The number of anilines is 1. The molecule has 0 fully saturated rings. The molecular formula is C19H16BrN3O4. The van der Waals surface area contributed by atoms with Crippen LogP contribution in [0.25, 0.3) is 5.57 Å². The Morgan fingerprint density at radius 3 is 2.63 bits per heavy atom. The minimum absolute atomic E-state index is 0.0487. The monoisotopic (exact) mass is 429 g/mol. The summed E-state index contributed by atoms with van der Waals surface area (Å²) in [5.74, 6) is -1.24. The summed E-state index contributed by atoms with van der Waals surface area (Å²) in [5.41, 5.74) is 2.37. The molecule has 2 aromatic carbocycles. The molecule has 0 spiro atoms. The van der Waals surface area contributed by atoms with Gasteiger partial charge in [-0.2, -0.15) is 0 Å². The number of rotatable bonds is 4. The Hall–Kier alpha value is -3.13. The van der Waals surface area contributed by atoms with Gasteiger partial charge in [-0.15, -0.1) is 0 Å². The smallest absolute Gasteiger partial charge is 0.260 e. The molecule has 27 heavy (non-hydrogen) atoms. The molecule has 2 aromatic rings. The third kappa shape index (κ3) is 4.17. The molecule has 0 bridgehead atoms. The Morgan fingerprint density at radius 1 is 1.15 bits per heavy atom. The molecule has 0 aromatic heterocycles. The normalized spacial score (nSPS) is 14.5. The summed E-state index contributed by atoms with van der Waals surface area (Å²) in [6.45, 7) is 1.69. The van der Waals surface area contributed by atoms with Crippen LogP contribution in [0.4, 0.5) is 5.69 Å². The molecule has 1 aliphatic rings. The molecule has 0 aliphatic carbocycles. The van der Waals surface area contributed by atoms with Crippen molar-refractivity contribution in [1.82, 2.24) is 10.6 Å². The van der Waals surface area contributed by atoms with E-state index in [-0.39, 0.29) is 11.7 Å². The molecule has 8 heteroatoms. The number of hydrogen-bond acceptors (Lipinski definition) is 5. The molecule has 0 atom stereocenters. The van der Waals surface area contributed by atoms with Crippen LogP contribution in [0.15, 0.2) is 47.1 Å². The molecule has 0 radical (unpaired) electrons. The van der Waals surface area contributed by atoms with Crippen LogP contribution >= 0.6 is 15.9 Å². The molecule has 7 nitrogen and oxygen atoms in total. The van der Waals surface area contributed by atoms with Gasteiger partial charge in [-0.3, -0.25) is 19.7 Å². The Kier molecular flexibility index (Phi) is 5.27. The van der Waals surface area contributed by atoms with Gasteiger partial charge in [0.25, 0.3) is 11.8 Å². The number of benzene rings is 2. The maximum atomic E-state index is 12.2. The first-order valence-electron chi connectivity index (χ1n) is 8.04. The fraction of sp³-hybridized carbons (Fsp3) is 0.105. The summed E-state index contributed by atoms with van der Waals surface area (Å²) in [6, 6.07) is 9.95. The summed E-state index contributed by atoms with van der Waals surface area (Å²) < 4.78 is 0.758. The predicted octanol–water partition coefficient (Wildman–Crippen LogP) is 2.51. The van der Waals surface area contributed by atoms with Crippen molar-refractivity contribution in [3.05, 3.63) is 63.8 Å². The van der Waals surface area contributed by atoms with E-state index >= 15 is 0 Å². The van der Waals surface area contributed by atoms with Crippen LogP contribution < -0.4 is 16.0 Å². The van der Waals surface area contributed by atoms with Crippen LogP contribution in [0.1, 0.15) is 28.4 Å². The van der Waals surface area contributed by atoms with Crippen molar-refractivity contribution < 1.29 is 19.5 Å². The van der Waals surface area contributed by atoms with Gasteiger partial charge < -0.3 is 15.7 Å². The van der Waals surface area contributed by atoms with Crippen LogP contribution in [0.2, 0.25) is 0 Å². The zero-order valence-corrected chi connectivity index (χ0v) is 15.9. The lowest BCUT2D eigenvalue weighted by atomic mass is 9.95. The Balaban J connectivity index is 1.79. The van der Waals surface area contributed by atoms with Gasteiger partial charge in [0.05, 0.1) is 11.3 Å². The zero-order valence-electron chi connectivity index (χ0n) is 14.3. The SMILES string of the molecule is CC(=O)Nc1ccc(CN/C=C2\C(=O)NC(=O)c3ccc(Br)cc32)cc1O. The van der Waals surface area contributed by atoms with E-state index in [2.05, 4.69) is 31.9 Å². The predicted molar refractivity (Wildman–Crippen MR) is 104 cm³/mol. The third-order valence-corrected chi connectivity index (χ3v) is 4.41. The molecule has 0 unspecified atom stereocenters. The number of nitrogens with one attached hydrogen (secondary N) is 3. The maximum absolute atomic E-state index is 12.2. The number of phenolic OH excluding ortho intramolecular Hbond substituents is 1. The van der Waals surface area contributed by atoms with Crippen molar-refractivity contribution in [1.29, 1.82) is 0 Å². The number of imide groups is 1. The van der Waals surface area contributed by atoms with Crippen molar-refractivity contribution >= 4 is 44.9 Å². The minimum atomic E-state index is -0.484. The molecular weight excluding hydrogens is 414 g/mol. The second-order valence-electron chi connectivity index (χ2n) is 5.94. The molecule has 4 N–H and O–H groups in total. The number of amides is 3. The molecule has 1 aliphatic heterocycles. The highest BCUT2D eigenvalue weighted by Gasteiger charge is 2.27. The van der Waals surface area contributed by atoms with E-state index in [0.717, 1.165) is 10.0 Å². The summed E-state index contributed by atoms with van der Waals surface area (Å²) in [5, 5.41) is 17.8. The van der Waals surface area contributed by atoms with Crippen LogP contribution in [-0.4, -0.2) is 22.8 Å². The number of carbonyl (C=O) groups is 3. The summed E-state index contributed by atoms with van der Waals surface area (Å²) >= 11 is 3.35. The van der Waals surface area contributed by atoms with E-state index in [4.69, 9.17) is 0 Å². The fourth-order valence-corrected chi connectivity index (χ4v) is 3.06. The highest BCUT2D eigenvalue weighted by Crippen LogP contribution is 2.27. The highest BCUT2D eigenvalue weighted by molar-refractivity contribution is 9.10. The van der Waals surface area contributed by atoms with Gasteiger partial charge in [0.1, 0.15) is 5.75 Å². The molecule has 0 saturated carbocycles. The van der Waals surface area contributed by atoms with Gasteiger partial charge in [-0.1, -0.05) is 22.0 Å².